The van der Waals surface area contributed by atoms with E-state index >= 15 is 0 Å². The molecule has 1 aliphatic heterocycles. The van der Waals surface area contributed by atoms with Gasteiger partial charge in [0.1, 0.15) is 5.69 Å². The summed E-state index contributed by atoms with van der Waals surface area (Å²) >= 11 is 0. The SMILES string of the molecule is O=C(c1cc2ccccc2c(=O)[nH]1)N1CCN(C(=O)C2CCCC2)CC1. The number of fused-ring (bicyclic) bond motifs is 1. The van der Waals surface area contributed by atoms with Crippen LogP contribution in [0.1, 0.15) is 36.2 Å². The fourth-order valence-corrected chi connectivity index (χ4v) is 4.06. The second-order valence-corrected chi connectivity index (χ2v) is 7.20. The van der Waals surface area contributed by atoms with Crippen LogP contribution in [0.25, 0.3) is 10.8 Å². The lowest BCUT2D eigenvalue weighted by Gasteiger charge is -2.36. The van der Waals surface area contributed by atoms with E-state index in [1.165, 1.54) is 0 Å². The van der Waals surface area contributed by atoms with E-state index in [0.717, 1.165) is 31.1 Å². The lowest BCUT2D eigenvalue weighted by Crippen LogP contribution is -2.52. The summed E-state index contributed by atoms with van der Waals surface area (Å²) < 4.78 is 0. The van der Waals surface area contributed by atoms with Gasteiger partial charge < -0.3 is 14.8 Å². The number of aromatic amines is 1. The largest absolute Gasteiger partial charge is 0.339 e. The third-order valence-corrected chi connectivity index (χ3v) is 5.57. The van der Waals surface area contributed by atoms with Crippen LogP contribution in [0.15, 0.2) is 35.1 Å². The zero-order valence-electron chi connectivity index (χ0n) is 14.7. The first-order chi connectivity index (χ1) is 12.6. The van der Waals surface area contributed by atoms with Crippen LogP contribution in [-0.4, -0.2) is 52.8 Å². The van der Waals surface area contributed by atoms with Crippen LogP contribution in [0.4, 0.5) is 0 Å². The Kier molecular flexibility index (Phi) is 4.49. The summed E-state index contributed by atoms with van der Waals surface area (Å²) in [6.45, 7) is 2.15. The summed E-state index contributed by atoms with van der Waals surface area (Å²) in [5.41, 5.74) is 0.0609. The smallest absolute Gasteiger partial charge is 0.270 e. The van der Waals surface area contributed by atoms with Gasteiger partial charge in [0.15, 0.2) is 0 Å². The Morgan fingerprint density at radius 1 is 0.962 bits per heavy atom. The standard InChI is InChI=1S/C20H23N3O3/c24-18-16-8-4-3-7-15(16)13-17(21-18)20(26)23-11-9-22(10-12-23)19(25)14-5-1-2-6-14/h3-4,7-8,13-14H,1-2,5-6,9-12H2,(H,21,24). The van der Waals surface area contributed by atoms with E-state index < -0.39 is 0 Å². The molecule has 0 spiro atoms. The summed E-state index contributed by atoms with van der Waals surface area (Å²) in [5, 5.41) is 1.34. The fraction of sp³-hybridized carbons (Fsp3) is 0.450. The maximum atomic E-state index is 12.8. The van der Waals surface area contributed by atoms with E-state index in [1.807, 2.05) is 17.0 Å². The number of rotatable bonds is 2. The van der Waals surface area contributed by atoms with Crippen molar-refractivity contribution in [3.63, 3.8) is 0 Å². The molecule has 1 saturated heterocycles. The first-order valence-corrected chi connectivity index (χ1v) is 9.33. The van der Waals surface area contributed by atoms with Crippen LogP contribution in [-0.2, 0) is 4.79 Å². The molecular weight excluding hydrogens is 330 g/mol. The molecule has 6 nitrogen and oxygen atoms in total. The van der Waals surface area contributed by atoms with Crippen molar-refractivity contribution in [2.24, 2.45) is 5.92 Å². The molecule has 1 aromatic heterocycles. The van der Waals surface area contributed by atoms with Crippen molar-refractivity contribution in [2.45, 2.75) is 25.7 Å². The molecule has 1 aliphatic carbocycles. The third kappa shape index (κ3) is 3.11. The number of benzene rings is 1. The molecule has 1 saturated carbocycles. The van der Waals surface area contributed by atoms with Gasteiger partial charge in [0.05, 0.1) is 0 Å². The number of piperazine rings is 1. The highest BCUT2D eigenvalue weighted by molar-refractivity contribution is 5.96. The summed E-state index contributed by atoms with van der Waals surface area (Å²) in [5.74, 6) is 0.239. The zero-order chi connectivity index (χ0) is 18.1. The molecule has 2 aliphatic rings. The Morgan fingerprint density at radius 3 is 2.35 bits per heavy atom. The summed E-state index contributed by atoms with van der Waals surface area (Å²) in [6, 6.07) is 8.97. The molecule has 2 heterocycles. The van der Waals surface area contributed by atoms with Crippen molar-refractivity contribution >= 4 is 22.6 Å². The Hall–Kier alpha value is -2.63. The average Bonchev–Trinajstić information content (AvgIpc) is 3.22. The molecule has 2 fully saturated rings. The first kappa shape index (κ1) is 16.8. The minimum atomic E-state index is -0.249. The Morgan fingerprint density at radius 2 is 1.62 bits per heavy atom. The maximum absolute atomic E-state index is 12.8. The quantitative estimate of drug-likeness (QED) is 0.897. The first-order valence-electron chi connectivity index (χ1n) is 9.33. The Bertz CT molecular complexity index is 891. The molecule has 1 aromatic carbocycles. The van der Waals surface area contributed by atoms with Gasteiger partial charge in [-0.2, -0.15) is 0 Å². The van der Waals surface area contributed by atoms with Gasteiger partial charge in [-0.05, 0) is 30.4 Å². The Balaban J connectivity index is 1.45. The number of carbonyl (C=O) groups excluding carboxylic acids is 2. The van der Waals surface area contributed by atoms with Crippen molar-refractivity contribution in [3.8, 4) is 0 Å². The van der Waals surface area contributed by atoms with Crippen LogP contribution < -0.4 is 5.56 Å². The number of hydrogen-bond donors (Lipinski definition) is 1. The zero-order valence-corrected chi connectivity index (χ0v) is 14.7. The molecule has 0 atom stereocenters. The van der Waals surface area contributed by atoms with Gasteiger partial charge in [-0.3, -0.25) is 14.4 Å². The van der Waals surface area contributed by atoms with Crippen LogP contribution in [0.5, 0.6) is 0 Å². The van der Waals surface area contributed by atoms with Gasteiger partial charge >= 0.3 is 0 Å². The number of aromatic nitrogens is 1. The second-order valence-electron chi connectivity index (χ2n) is 7.20. The van der Waals surface area contributed by atoms with E-state index in [2.05, 4.69) is 4.98 Å². The minimum Gasteiger partial charge on any atom is -0.339 e. The molecule has 4 rings (SSSR count). The monoisotopic (exact) mass is 353 g/mol. The van der Waals surface area contributed by atoms with Crippen LogP contribution in [0.3, 0.4) is 0 Å². The van der Waals surface area contributed by atoms with Gasteiger partial charge in [-0.1, -0.05) is 31.0 Å². The van der Waals surface area contributed by atoms with Gasteiger partial charge in [0.25, 0.3) is 11.5 Å². The molecule has 0 bridgehead atoms. The van der Waals surface area contributed by atoms with E-state index in [1.54, 1.807) is 23.1 Å². The molecule has 1 N–H and O–H groups in total. The number of pyridine rings is 1. The summed E-state index contributed by atoms with van der Waals surface area (Å²) in [7, 11) is 0. The lowest BCUT2D eigenvalue weighted by atomic mass is 10.1. The second kappa shape index (κ2) is 6.94. The van der Waals surface area contributed by atoms with Gasteiger partial charge in [-0.25, -0.2) is 0 Å². The van der Waals surface area contributed by atoms with Crippen LogP contribution >= 0.6 is 0 Å². The van der Waals surface area contributed by atoms with E-state index in [4.69, 9.17) is 0 Å². The molecule has 2 amide bonds. The topological polar surface area (TPSA) is 73.5 Å². The van der Waals surface area contributed by atoms with Crippen LogP contribution in [0.2, 0.25) is 0 Å². The highest BCUT2D eigenvalue weighted by Gasteiger charge is 2.30. The number of H-pyrrole nitrogens is 1. The maximum Gasteiger partial charge on any atom is 0.270 e. The normalized spacial score (nSPS) is 18.5. The molecule has 26 heavy (non-hydrogen) atoms. The Labute approximate surface area is 151 Å². The van der Waals surface area contributed by atoms with Crippen molar-refractivity contribution < 1.29 is 9.59 Å². The number of carbonyl (C=O) groups is 2. The number of hydrogen-bond acceptors (Lipinski definition) is 3. The fourth-order valence-electron chi connectivity index (χ4n) is 4.06. The summed E-state index contributed by atoms with van der Waals surface area (Å²) in [6.07, 6.45) is 4.28. The van der Waals surface area contributed by atoms with Crippen molar-refractivity contribution in [1.82, 2.24) is 14.8 Å². The molecule has 136 valence electrons. The van der Waals surface area contributed by atoms with Crippen molar-refractivity contribution in [3.05, 3.63) is 46.4 Å². The molecular formula is C20H23N3O3. The van der Waals surface area contributed by atoms with Gasteiger partial charge in [0.2, 0.25) is 5.91 Å². The molecule has 2 aromatic rings. The average molecular weight is 353 g/mol. The highest BCUT2D eigenvalue weighted by atomic mass is 16.2. The third-order valence-electron chi connectivity index (χ3n) is 5.57. The minimum absolute atomic E-state index is 0.175. The lowest BCUT2D eigenvalue weighted by molar-refractivity contribution is -0.136. The summed E-state index contributed by atoms with van der Waals surface area (Å²) in [4.78, 5) is 43.8. The highest BCUT2D eigenvalue weighted by Crippen LogP contribution is 2.27. The molecule has 0 unspecified atom stereocenters. The number of nitrogens with zero attached hydrogens (tertiary/aromatic N) is 2. The molecule has 0 radical (unpaired) electrons. The van der Waals surface area contributed by atoms with E-state index in [0.29, 0.717) is 37.3 Å². The number of amides is 2. The predicted molar refractivity (Wildman–Crippen MR) is 99.0 cm³/mol. The van der Waals surface area contributed by atoms with Crippen LogP contribution in [0, 0.1) is 5.92 Å². The molecule has 6 heteroatoms. The van der Waals surface area contributed by atoms with E-state index in [9.17, 15) is 14.4 Å². The van der Waals surface area contributed by atoms with Gasteiger partial charge in [0, 0.05) is 37.5 Å². The van der Waals surface area contributed by atoms with E-state index in [-0.39, 0.29) is 23.3 Å². The predicted octanol–water partition coefficient (Wildman–Crippen LogP) is 2.00. The number of nitrogens with one attached hydrogen (secondary N) is 1. The van der Waals surface area contributed by atoms with Crippen molar-refractivity contribution in [1.29, 1.82) is 0 Å². The van der Waals surface area contributed by atoms with Gasteiger partial charge in [-0.15, -0.1) is 0 Å². The van der Waals surface area contributed by atoms with Crippen molar-refractivity contribution in [2.75, 3.05) is 26.2 Å².